The van der Waals surface area contributed by atoms with Crippen molar-refractivity contribution >= 4 is 57.2 Å². The molecule has 2 heterocycles. The zero-order valence-electron chi connectivity index (χ0n) is 22.9. The van der Waals surface area contributed by atoms with E-state index in [9.17, 15) is 26.4 Å². The zero-order chi connectivity index (χ0) is 31.5. The molecule has 0 aliphatic carbocycles. The molecule has 1 fully saturated rings. The number of carbonyl (C=O) groups is 1. The molecule has 0 atom stereocenters. The topological polar surface area (TPSA) is 93.5 Å². The first-order chi connectivity index (χ1) is 20.9. The van der Waals surface area contributed by atoms with E-state index >= 15 is 0 Å². The van der Waals surface area contributed by atoms with Crippen molar-refractivity contribution in [3.63, 3.8) is 0 Å². The number of rotatable bonds is 10. The van der Waals surface area contributed by atoms with Gasteiger partial charge in [-0.2, -0.15) is 21.6 Å². The van der Waals surface area contributed by atoms with Gasteiger partial charge in [-0.05, 0) is 66.1 Å². The second-order valence-electron chi connectivity index (χ2n) is 9.91. The van der Waals surface area contributed by atoms with Gasteiger partial charge in [0.2, 0.25) is 0 Å². The van der Waals surface area contributed by atoms with Crippen molar-refractivity contribution in [2.75, 3.05) is 17.5 Å². The van der Waals surface area contributed by atoms with E-state index in [1.54, 1.807) is 66.7 Å². The second kappa shape index (κ2) is 12.9. The van der Waals surface area contributed by atoms with E-state index in [-0.39, 0.29) is 19.6 Å². The normalized spacial score (nSPS) is 14.8. The molecule has 1 aliphatic rings. The van der Waals surface area contributed by atoms with Crippen LogP contribution in [0, 0.1) is 0 Å². The molecule has 5 rings (SSSR count). The predicted octanol–water partition coefficient (Wildman–Crippen LogP) is 6.98. The Balaban J connectivity index is 1.35. The number of benzene rings is 3. The number of nitrogens with zero attached hydrogens (tertiary/aromatic N) is 3. The van der Waals surface area contributed by atoms with Crippen molar-refractivity contribution in [2.24, 2.45) is 0 Å². The fourth-order valence-electron chi connectivity index (χ4n) is 4.47. The van der Waals surface area contributed by atoms with Gasteiger partial charge in [0.25, 0.3) is 5.91 Å². The largest absolute Gasteiger partial charge is 0.494 e. The number of hydrogen-bond acceptors (Lipinski definition) is 5. The highest BCUT2D eigenvalue weighted by molar-refractivity contribution is 7.92. The molecule has 44 heavy (non-hydrogen) atoms. The van der Waals surface area contributed by atoms with Crippen LogP contribution >= 0.6 is 23.2 Å². The average Bonchev–Trinajstić information content (AvgIpc) is 3.48. The van der Waals surface area contributed by atoms with Crippen LogP contribution in [0.1, 0.15) is 29.8 Å². The predicted molar refractivity (Wildman–Crippen MR) is 164 cm³/mol. The standard InChI is InChI=1S/C30H25Cl2F3N4O4S/c31-22-7-12-25(26(32)16-22)27-18-38(17-21-2-8-23(9-3-21)39-19-29(40)37-44(39,41)42)28(36-27)13-6-20-4-10-24(11-5-20)43-15-1-14-30(33,34)35/h2-13,16,18H,1,14-15,17,19H2,(H,37,40)/b13-6+. The summed E-state index contributed by atoms with van der Waals surface area (Å²) in [4.78, 5) is 16.4. The molecule has 0 bridgehead atoms. The zero-order valence-corrected chi connectivity index (χ0v) is 25.2. The summed E-state index contributed by atoms with van der Waals surface area (Å²) in [5, 5.41) is 0.922. The molecule has 1 N–H and O–H groups in total. The molecule has 14 heteroatoms. The minimum absolute atomic E-state index is 0.0357. The third kappa shape index (κ3) is 7.93. The van der Waals surface area contributed by atoms with Crippen molar-refractivity contribution in [3.05, 3.63) is 99.9 Å². The van der Waals surface area contributed by atoms with Gasteiger partial charge >= 0.3 is 16.4 Å². The lowest BCUT2D eigenvalue weighted by Gasteiger charge is -2.15. The summed E-state index contributed by atoms with van der Waals surface area (Å²) in [7, 11) is -3.91. The fraction of sp³-hybridized carbons (Fsp3) is 0.200. The number of carbonyl (C=O) groups excluding carboxylic acids is 1. The number of aromatic nitrogens is 2. The lowest BCUT2D eigenvalue weighted by molar-refractivity contribution is -0.136. The van der Waals surface area contributed by atoms with Gasteiger partial charge in [0, 0.05) is 29.7 Å². The molecule has 1 amide bonds. The summed E-state index contributed by atoms with van der Waals surface area (Å²) in [6, 6.07) is 18.8. The second-order valence-corrected chi connectivity index (χ2v) is 12.3. The summed E-state index contributed by atoms with van der Waals surface area (Å²) < 4.78 is 71.7. The van der Waals surface area contributed by atoms with Crippen LogP contribution in [0.3, 0.4) is 0 Å². The summed E-state index contributed by atoms with van der Waals surface area (Å²) in [6.07, 6.45) is 0.271. The lowest BCUT2D eigenvalue weighted by Crippen LogP contribution is -2.29. The monoisotopic (exact) mass is 664 g/mol. The minimum atomic E-state index is -4.21. The van der Waals surface area contributed by atoms with Gasteiger partial charge in [-0.3, -0.25) is 4.79 Å². The van der Waals surface area contributed by atoms with Gasteiger partial charge in [-0.1, -0.05) is 53.5 Å². The molecule has 1 aliphatic heterocycles. The molecular weight excluding hydrogens is 640 g/mol. The Morgan fingerprint density at radius 2 is 1.73 bits per heavy atom. The number of nitrogens with one attached hydrogen (secondary N) is 1. The van der Waals surface area contributed by atoms with E-state index in [0.717, 1.165) is 15.4 Å². The number of amides is 1. The Hall–Kier alpha value is -4.00. The first kappa shape index (κ1) is 31.4. The van der Waals surface area contributed by atoms with E-state index in [1.165, 1.54) is 0 Å². The lowest BCUT2D eigenvalue weighted by atomic mass is 10.1. The van der Waals surface area contributed by atoms with Crippen LogP contribution in [-0.4, -0.2) is 43.2 Å². The highest BCUT2D eigenvalue weighted by Gasteiger charge is 2.33. The van der Waals surface area contributed by atoms with E-state index < -0.39 is 28.7 Å². The Morgan fingerprint density at radius 3 is 2.36 bits per heavy atom. The third-order valence-electron chi connectivity index (χ3n) is 6.59. The summed E-state index contributed by atoms with van der Waals surface area (Å²) in [5.74, 6) is 0.468. The van der Waals surface area contributed by atoms with Crippen LogP contribution in [0.2, 0.25) is 10.0 Å². The SMILES string of the molecule is O=C1CN(c2ccc(Cn3cc(-c4ccc(Cl)cc4Cl)nc3/C=C/c3ccc(OCCCC(F)(F)F)cc3)cc2)S(=O)(=O)N1. The van der Waals surface area contributed by atoms with E-state index in [2.05, 4.69) is 0 Å². The molecule has 8 nitrogen and oxygen atoms in total. The van der Waals surface area contributed by atoms with Gasteiger partial charge in [0.05, 0.1) is 23.0 Å². The molecule has 230 valence electrons. The molecule has 0 radical (unpaired) electrons. The number of hydrogen-bond donors (Lipinski definition) is 1. The van der Waals surface area contributed by atoms with E-state index in [1.807, 2.05) is 27.6 Å². The number of imidazole rings is 1. The summed E-state index contributed by atoms with van der Waals surface area (Å²) in [6.45, 7) is 0.0628. The smallest absolute Gasteiger partial charge is 0.389 e. The number of anilines is 1. The highest BCUT2D eigenvalue weighted by atomic mass is 35.5. The molecule has 1 aromatic heterocycles. The number of alkyl halides is 3. The number of ether oxygens (including phenoxy) is 1. The van der Waals surface area contributed by atoms with Gasteiger partial charge in [0.15, 0.2) is 0 Å². The van der Waals surface area contributed by atoms with Crippen molar-refractivity contribution in [1.29, 1.82) is 0 Å². The third-order valence-corrected chi connectivity index (χ3v) is 8.54. The molecular formula is C30H25Cl2F3N4O4S. The molecule has 4 aromatic rings. The highest BCUT2D eigenvalue weighted by Crippen LogP contribution is 2.31. The first-order valence-electron chi connectivity index (χ1n) is 13.3. The molecule has 3 aromatic carbocycles. The van der Waals surface area contributed by atoms with Crippen LogP contribution in [0.4, 0.5) is 18.9 Å². The van der Waals surface area contributed by atoms with Crippen LogP contribution in [-0.2, 0) is 21.5 Å². The van der Waals surface area contributed by atoms with Gasteiger partial charge in [-0.25, -0.2) is 14.0 Å². The number of halogens is 5. The first-order valence-corrected chi connectivity index (χ1v) is 15.5. The Kier molecular flexibility index (Phi) is 9.23. The maximum Gasteiger partial charge on any atom is 0.389 e. The Morgan fingerprint density at radius 1 is 1.00 bits per heavy atom. The van der Waals surface area contributed by atoms with Crippen molar-refractivity contribution in [2.45, 2.75) is 25.6 Å². The van der Waals surface area contributed by atoms with Gasteiger partial charge < -0.3 is 9.30 Å². The Labute approximate surface area is 261 Å². The van der Waals surface area contributed by atoms with Crippen LogP contribution in [0.5, 0.6) is 5.75 Å². The minimum Gasteiger partial charge on any atom is -0.494 e. The van der Waals surface area contributed by atoms with Gasteiger partial charge in [-0.15, -0.1) is 0 Å². The maximum absolute atomic E-state index is 12.3. The van der Waals surface area contributed by atoms with Crippen molar-refractivity contribution in [3.8, 4) is 17.0 Å². The molecule has 0 saturated carbocycles. The summed E-state index contributed by atoms with van der Waals surface area (Å²) in [5.41, 5.74) is 3.31. The molecule has 1 saturated heterocycles. The maximum atomic E-state index is 12.3. The molecule has 0 unspecified atom stereocenters. The van der Waals surface area contributed by atoms with E-state index in [0.29, 0.717) is 45.1 Å². The Bertz CT molecular complexity index is 1790. The van der Waals surface area contributed by atoms with Crippen molar-refractivity contribution in [1.82, 2.24) is 14.3 Å². The average molecular weight is 666 g/mol. The quantitative estimate of drug-likeness (QED) is 0.185. The molecule has 0 spiro atoms. The van der Waals surface area contributed by atoms with Crippen LogP contribution in [0.15, 0.2) is 72.9 Å². The van der Waals surface area contributed by atoms with Crippen LogP contribution in [0.25, 0.3) is 23.4 Å². The van der Waals surface area contributed by atoms with Crippen molar-refractivity contribution < 1.29 is 31.1 Å². The fourth-order valence-corrected chi connectivity index (χ4v) is 6.12. The van der Waals surface area contributed by atoms with Gasteiger partial charge in [0.1, 0.15) is 18.1 Å². The summed E-state index contributed by atoms with van der Waals surface area (Å²) >= 11 is 12.5. The van der Waals surface area contributed by atoms with Crippen LogP contribution < -0.4 is 13.8 Å². The van der Waals surface area contributed by atoms with E-state index in [4.69, 9.17) is 32.9 Å².